The summed E-state index contributed by atoms with van der Waals surface area (Å²) >= 11 is 0. The van der Waals surface area contributed by atoms with Crippen LogP contribution < -0.4 is 10.9 Å². The third-order valence-electron chi connectivity index (χ3n) is 5.49. The molecular formula is C25H22N4O3. The molecular weight excluding hydrogens is 404 g/mol. The molecule has 32 heavy (non-hydrogen) atoms. The first kappa shape index (κ1) is 19.8. The van der Waals surface area contributed by atoms with Gasteiger partial charge in [-0.3, -0.25) is 14.2 Å². The second-order valence-corrected chi connectivity index (χ2v) is 7.86. The molecule has 1 atom stereocenters. The van der Waals surface area contributed by atoms with Crippen molar-refractivity contribution in [2.75, 3.05) is 0 Å². The number of amides is 1. The summed E-state index contributed by atoms with van der Waals surface area (Å²) in [4.78, 5) is 30.4. The number of fused-ring (bicyclic) bond motifs is 3. The van der Waals surface area contributed by atoms with E-state index in [2.05, 4.69) is 10.3 Å². The average molecular weight is 426 g/mol. The van der Waals surface area contributed by atoms with Crippen molar-refractivity contribution in [3.63, 3.8) is 0 Å². The summed E-state index contributed by atoms with van der Waals surface area (Å²) in [5, 5.41) is 3.00. The van der Waals surface area contributed by atoms with Crippen molar-refractivity contribution >= 4 is 22.6 Å². The van der Waals surface area contributed by atoms with Crippen LogP contribution in [0.5, 0.6) is 0 Å². The van der Waals surface area contributed by atoms with Crippen LogP contribution in [0.2, 0.25) is 0 Å². The minimum atomic E-state index is -0.164. The first-order chi connectivity index (χ1) is 15.6. The lowest BCUT2D eigenvalue weighted by Gasteiger charge is -2.14. The van der Waals surface area contributed by atoms with Crippen LogP contribution in [-0.2, 0) is 13.0 Å². The number of carbonyl (C=O) groups is 1. The highest BCUT2D eigenvalue weighted by Crippen LogP contribution is 2.15. The van der Waals surface area contributed by atoms with Crippen LogP contribution in [0, 0.1) is 0 Å². The van der Waals surface area contributed by atoms with Crippen molar-refractivity contribution in [1.82, 2.24) is 19.3 Å². The van der Waals surface area contributed by atoms with Crippen molar-refractivity contribution in [3.05, 3.63) is 107 Å². The molecule has 7 heteroatoms. The van der Waals surface area contributed by atoms with E-state index in [9.17, 15) is 9.59 Å². The Bertz CT molecular complexity index is 1460. The Balaban J connectivity index is 1.43. The molecule has 160 valence electrons. The maximum Gasteiger partial charge on any atom is 0.276 e. The zero-order valence-electron chi connectivity index (χ0n) is 17.6. The van der Waals surface area contributed by atoms with Gasteiger partial charge in [0.05, 0.1) is 18.3 Å². The fraction of sp³-hybridized carbons (Fsp3) is 0.160. The van der Waals surface area contributed by atoms with E-state index >= 15 is 0 Å². The molecule has 0 spiro atoms. The molecule has 4 heterocycles. The summed E-state index contributed by atoms with van der Waals surface area (Å²) in [6.07, 6.45) is 5.78. The standard InChI is InChI=1S/C25H22N4O3/c1-17(14-20-8-5-13-32-20)27-24(30)19-7-2-6-18(15-19)16-29-23-21(9-3-11-26-23)28-12-4-10-22(28)25(29)31/h2-13,15,17H,14,16H2,1H3,(H,27,30)/t17-/m0/s1. The van der Waals surface area contributed by atoms with E-state index in [0.29, 0.717) is 29.7 Å². The molecule has 1 amide bonds. The number of benzene rings is 1. The van der Waals surface area contributed by atoms with Gasteiger partial charge in [-0.25, -0.2) is 4.98 Å². The largest absolute Gasteiger partial charge is 0.469 e. The smallest absolute Gasteiger partial charge is 0.276 e. The van der Waals surface area contributed by atoms with Crippen molar-refractivity contribution in [3.8, 4) is 0 Å². The number of hydrogen-bond acceptors (Lipinski definition) is 4. The monoisotopic (exact) mass is 426 g/mol. The molecule has 4 aromatic heterocycles. The van der Waals surface area contributed by atoms with Gasteiger partial charge in [0.1, 0.15) is 11.3 Å². The highest BCUT2D eigenvalue weighted by atomic mass is 16.3. The summed E-state index contributed by atoms with van der Waals surface area (Å²) in [7, 11) is 0. The molecule has 0 saturated heterocycles. The van der Waals surface area contributed by atoms with Gasteiger partial charge in [0.25, 0.3) is 11.5 Å². The number of nitrogens with one attached hydrogen (secondary N) is 1. The predicted molar refractivity (Wildman–Crippen MR) is 122 cm³/mol. The summed E-state index contributed by atoms with van der Waals surface area (Å²) in [6, 6.07) is 18.4. The average Bonchev–Trinajstić information content (AvgIpc) is 3.49. The van der Waals surface area contributed by atoms with E-state index in [1.807, 2.05) is 66.1 Å². The molecule has 0 radical (unpaired) electrons. The lowest BCUT2D eigenvalue weighted by Crippen LogP contribution is -2.34. The Hall–Kier alpha value is -4.13. The molecule has 1 aromatic carbocycles. The normalized spacial score (nSPS) is 12.3. The number of hydrogen-bond donors (Lipinski definition) is 1. The quantitative estimate of drug-likeness (QED) is 0.449. The Morgan fingerprint density at radius 3 is 2.81 bits per heavy atom. The highest BCUT2D eigenvalue weighted by Gasteiger charge is 2.14. The first-order valence-electron chi connectivity index (χ1n) is 10.5. The van der Waals surface area contributed by atoms with E-state index in [-0.39, 0.29) is 17.5 Å². The summed E-state index contributed by atoms with van der Waals surface area (Å²) in [6.45, 7) is 2.26. The number of aromatic nitrogens is 3. The minimum Gasteiger partial charge on any atom is -0.469 e. The van der Waals surface area contributed by atoms with Crippen molar-refractivity contribution in [2.45, 2.75) is 25.9 Å². The van der Waals surface area contributed by atoms with Gasteiger partial charge in [-0.05, 0) is 61.0 Å². The molecule has 7 nitrogen and oxygen atoms in total. The van der Waals surface area contributed by atoms with Crippen molar-refractivity contribution in [1.29, 1.82) is 0 Å². The van der Waals surface area contributed by atoms with Gasteiger partial charge >= 0.3 is 0 Å². The lowest BCUT2D eigenvalue weighted by molar-refractivity contribution is 0.0939. The van der Waals surface area contributed by atoms with E-state index in [0.717, 1.165) is 16.8 Å². The molecule has 5 aromatic rings. The topological polar surface area (TPSA) is 81.5 Å². The number of furan rings is 1. The molecule has 0 bridgehead atoms. The molecule has 0 aliphatic rings. The van der Waals surface area contributed by atoms with Gasteiger partial charge in [-0.1, -0.05) is 12.1 Å². The third-order valence-corrected chi connectivity index (χ3v) is 5.49. The van der Waals surface area contributed by atoms with Crippen LogP contribution in [0.3, 0.4) is 0 Å². The Morgan fingerprint density at radius 2 is 1.97 bits per heavy atom. The minimum absolute atomic E-state index is 0.0788. The van der Waals surface area contributed by atoms with E-state index in [4.69, 9.17) is 4.42 Å². The molecule has 0 saturated carbocycles. The number of rotatable bonds is 6. The molecule has 0 unspecified atom stereocenters. The zero-order valence-corrected chi connectivity index (χ0v) is 17.6. The van der Waals surface area contributed by atoms with E-state index < -0.39 is 0 Å². The Kier molecular flexibility index (Phi) is 5.07. The molecule has 0 aliphatic carbocycles. The molecule has 0 aliphatic heterocycles. The molecule has 5 rings (SSSR count). The fourth-order valence-electron chi connectivity index (χ4n) is 4.01. The van der Waals surface area contributed by atoms with Gasteiger partial charge in [0.15, 0.2) is 5.65 Å². The Labute approximate surface area is 183 Å². The van der Waals surface area contributed by atoms with Crippen LogP contribution in [-0.4, -0.2) is 25.9 Å². The summed E-state index contributed by atoms with van der Waals surface area (Å²) in [5.74, 6) is 0.661. The van der Waals surface area contributed by atoms with Gasteiger partial charge in [-0.2, -0.15) is 0 Å². The number of nitrogens with zero attached hydrogens (tertiary/aromatic N) is 3. The second kappa shape index (κ2) is 8.19. The van der Waals surface area contributed by atoms with Crippen LogP contribution in [0.25, 0.3) is 16.7 Å². The van der Waals surface area contributed by atoms with E-state index in [1.165, 1.54) is 0 Å². The summed E-state index contributed by atoms with van der Waals surface area (Å²) in [5.41, 5.74) is 3.31. The number of carbonyl (C=O) groups excluding carboxylic acids is 1. The molecule has 1 N–H and O–H groups in total. The SMILES string of the molecule is C[C@@H](Cc1ccco1)NC(=O)c1cccc(Cn2c(=O)c3cccn3c3cccnc32)c1. The van der Waals surface area contributed by atoms with Crippen LogP contribution in [0.4, 0.5) is 0 Å². The van der Waals surface area contributed by atoms with Crippen molar-refractivity contribution < 1.29 is 9.21 Å². The van der Waals surface area contributed by atoms with Gasteiger partial charge in [-0.15, -0.1) is 0 Å². The number of pyridine rings is 1. The first-order valence-corrected chi connectivity index (χ1v) is 10.5. The highest BCUT2D eigenvalue weighted by molar-refractivity contribution is 5.94. The fourth-order valence-corrected chi connectivity index (χ4v) is 4.01. The maximum absolute atomic E-state index is 13.1. The van der Waals surface area contributed by atoms with Gasteiger partial charge < -0.3 is 14.1 Å². The van der Waals surface area contributed by atoms with Gasteiger partial charge in [0, 0.05) is 30.4 Å². The predicted octanol–water partition coefficient (Wildman–Crippen LogP) is 3.65. The van der Waals surface area contributed by atoms with Gasteiger partial charge in [0.2, 0.25) is 0 Å². The third kappa shape index (κ3) is 3.69. The maximum atomic E-state index is 13.1. The van der Waals surface area contributed by atoms with Crippen LogP contribution in [0.15, 0.2) is 88.5 Å². The van der Waals surface area contributed by atoms with Crippen LogP contribution in [0.1, 0.15) is 28.6 Å². The van der Waals surface area contributed by atoms with Crippen LogP contribution >= 0.6 is 0 Å². The Morgan fingerprint density at radius 1 is 1.09 bits per heavy atom. The van der Waals surface area contributed by atoms with Crippen molar-refractivity contribution in [2.24, 2.45) is 0 Å². The molecule has 0 fully saturated rings. The summed E-state index contributed by atoms with van der Waals surface area (Å²) < 4.78 is 8.86. The van der Waals surface area contributed by atoms with E-state index in [1.54, 1.807) is 29.2 Å². The lowest BCUT2D eigenvalue weighted by atomic mass is 10.1. The zero-order chi connectivity index (χ0) is 22.1. The second-order valence-electron chi connectivity index (χ2n) is 7.86.